The molecule has 4 fully saturated rings. The molecule has 0 N–H and O–H groups in total. The summed E-state index contributed by atoms with van der Waals surface area (Å²) in [6, 6.07) is 0.118. The molecule has 4 aliphatic rings. The first-order valence-electron chi connectivity index (χ1n) is 9.88. The second kappa shape index (κ2) is 6.84. The Labute approximate surface area is 159 Å². The van der Waals surface area contributed by atoms with Crippen molar-refractivity contribution in [2.24, 2.45) is 5.92 Å². The van der Waals surface area contributed by atoms with E-state index in [1.807, 2.05) is 4.90 Å². The molecule has 4 aliphatic heterocycles. The number of rotatable bonds is 3. The second-order valence-corrected chi connectivity index (χ2v) is 10.3. The monoisotopic (exact) mass is 397 g/mol. The zero-order chi connectivity index (χ0) is 19.3. The molecule has 0 aromatic carbocycles. The molecule has 0 aromatic heterocycles. The average molecular weight is 397 g/mol. The smallest absolute Gasteiger partial charge is 0.229 e. The van der Waals surface area contributed by atoms with Gasteiger partial charge in [-0.25, -0.2) is 12.7 Å². The summed E-state index contributed by atoms with van der Waals surface area (Å²) in [7, 11) is -3.20. The van der Waals surface area contributed by atoms with E-state index in [-0.39, 0.29) is 41.8 Å². The minimum atomic E-state index is -3.20. The molecule has 27 heavy (non-hydrogen) atoms. The Morgan fingerprint density at radius 1 is 0.889 bits per heavy atom. The van der Waals surface area contributed by atoms with Crippen LogP contribution in [0.1, 0.15) is 51.4 Å². The third-order valence-corrected chi connectivity index (χ3v) is 7.99. The van der Waals surface area contributed by atoms with Gasteiger partial charge in [-0.05, 0) is 38.5 Å². The summed E-state index contributed by atoms with van der Waals surface area (Å²) < 4.78 is 24.8. The first kappa shape index (κ1) is 18.9. The van der Waals surface area contributed by atoms with Gasteiger partial charge in [0.05, 0.1) is 6.26 Å². The summed E-state index contributed by atoms with van der Waals surface area (Å²) in [6.07, 6.45) is 6.17. The number of sulfonamides is 1. The number of nitrogens with zero attached hydrogens (tertiary/aromatic N) is 3. The summed E-state index contributed by atoms with van der Waals surface area (Å²) in [5.74, 6) is -0.138. The average Bonchev–Trinajstić information content (AvgIpc) is 3.09. The van der Waals surface area contributed by atoms with Crippen LogP contribution >= 0.6 is 0 Å². The lowest BCUT2D eigenvalue weighted by atomic mass is 9.91. The van der Waals surface area contributed by atoms with E-state index in [1.54, 1.807) is 0 Å². The number of imide groups is 1. The largest absolute Gasteiger partial charge is 0.336 e. The summed E-state index contributed by atoms with van der Waals surface area (Å²) in [6.45, 7) is 0.801. The van der Waals surface area contributed by atoms with Gasteiger partial charge in [0.15, 0.2) is 0 Å². The second-order valence-electron chi connectivity index (χ2n) is 8.35. The minimum absolute atomic E-state index is 0.0684. The highest BCUT2D eigenvalue weighted by molar-refractivity contribution is 7.88. The van der Waals surface area contributed by atoms with Gasteiger partial charge in [0.2, 0.25) is 27.7 Å². The van der Waals surface area contributed by atoms with Gasteiger partial charge in [-0.1, -0.05) is 0 Å². The lowest BCUT2D eigenvalue weighted by Crippen LogP contribution is -2.55. The molecule has 2 atom stereocenters. The number of piperidine rings is 2. The van der Waals surface area contributed by atoms with Crippen LogP contribution in [0.25, 0.3) is 0 Å². The molecule has 4 saturated heterocycles. The van der Waals surface area contributed by atoms with Crippen LogP contribution < -0.4 is 0 Å². The number of likely N-dealkylation sites (tertiary alicyclic amines) is 1. The van der Waals surface area contributed by atoms with Crippen LogP contribution in [-0.4, -0.2) is 77.7 Å². The van der Waals surface area contributed by atoms with Crippen molar-refractivity contribution < 1.29 is 22.8 Å². The van der Waals surface area contributed by atoms with Gasteiger partial charge < -0.3 is 4.90 Å². The van der Waals surface area contributed by atoms with Crippen LogP contribution in [0, 0.1) is 5.92 Å². The van der Waals surface area contributed by atoms with E-state index in [4.69, 9.17) is 0 Å². The molecule has 0 saturated carbocycles. The number of carbonyl (C=O) groups is 3. The molecule has 3 amide bonds. The van der Waals surface area contributed by atoms with E-state index < -0.39 is 10.0 Å². The molecule has 8 nitrogen and oxygen atoms in total. The molecule has 4 rings (SSSR count). The molecule has 4 heterocycles. The lowest BCUT2D eigenvalue weighted by molar-refractivity contribution is -0.146. The van der Waals surface area contributed by atoms with Crippen LogP contribution in [0.4, 0.5) is 0 Å². The predicted molar refractivity (Wildman–Crippen MR) is 96.9 cm³/mol. The summed E-state index contributed by atoms with van der Waals surface area (Å²) in [5.41, 5.74) is 0. The van der Waals surface area contributed by atoms with Crippen LogP contribution in [0.15, 0.2) is 0 Å². The van der Waals surface area contributed by atoms with Crippen molar-refractivity contribution in [1.29, 1.82) is 0 Å². The summed E-state index contributed by atoms with van der Waals surface area (Å²) in [5, 5.41) is 0. The van der Waals surface area contributed by atoms with Crippen molar-refractivity contribution in [3.63, 3.8) is 0 Å². The van der Waals surface area contributed by atoms with Gasteiger partial charge in [-0.2, -0.15) is 0 Å². The van der Waals surface area contributed by atoms with Gasteiger partial charge >= 0.3 is 0 Å². The molecule has 0 radical (unpaired) electrons. The van der Waals surface area contributed by atoms with Gasteiger partial charge in [-0.3, -0.25) is 19.3 Å². The molecule has 9 heteroatoms. The van der Waals surface area contributed by atoms with Crippen molar-refractivity contribution in [2.75, 3.05) is 19.3 Å². The first-order valence-corrected chi connectivity index (χ1v) is 11.7. The Bertz CT molecular complexity index is 729. The Morgan fingerprint density at radius 3 is 1.89 bits per heavy atom. The van der Waals surface area contributed by atoms with Crippen molar-refractivity contribution in [2.45, 2.75) is 69.5 Å². The molecule has 150 valence electrons. The van der Waals surface area contributed by atoms with Crippen LogP contribution in [0.2, 0.25) is 0 Å². The molecule has 2 bridgehead atoms. The Kier molecular flexibility index (Phi) is 4.78. The van der Waals surface area contributed by atoms with Crippen LogP contribution in [-0.2, 0) is 24.4 Å². The van der Waals surface area contributed by atoms with Gasteiger partial charge in [0, 0.05) is 50.0 Å². The maximum absolute atomic E-state index is 13.1. The molecular weight excluding hydrogens is 370 g/mol. The highest BCUT2D eigenvalue weighted by atomic mass is 32.2. The standard InChI is InChI=1S/C18H27N3O5S/c1-27(25,26)19-8-6-12(7-9-19)18(24)20-13-2-3-14(20)11-15(10-13)21-16(22)4-5-17(21)23/h12-15H,2-11H2,1H3/t13-,14-/m0/s1. The van der Waals surface area contributed by atoms with Gasteiger partial charge in [0.1, 0.15) is 0 Å². The number of hydrogen-bond donors (Lipinski definition) is 0. The van der Waals surface area contributed by atoms with Crippen LogP contribution in [0.3, 0.4) is 0 Å². The third kappa shape index (κ3) is 3.40. The number of hydrogen-bond acceptors (Lipinski definition) is 5. The van der Waals surface area contributed by atoms with E-state index in [9.17, 15) is 22.8 Å². The molecule has 0 spiro atoms. The normalized spacial score (nSPS) is 33.1. The number of amides is 3. The maximum atomic E-state index is 13.1. The predicted octanol–water partition coefficient (Wildman–Crippen LogP) is 0.329. The highest BCUT2D eigenvalue weighted by Crippen LogP contribution is 2.40. The zero-order valence-electron chi connectivity index (χ0n) is 15.7. The Balaban J connectivity index is 1.41. The van der Waals surface area contributed by atoms with Gasteiger partial charge in [0.25, 0.3) is 0 Å². The first-order chi connectivity index (χ1) is 12.8. The van der Waals surface area contributed by atoms with Crippen molar-refractivity contribution in [1.82, 2.24) is 14.1 Å². The summed E-state index contributed by atoms with van der Waals surface area (Å²) >= 11 is 0. The fourth-order valence-corrected chi connectivity index (χ4v) is 6.24. The SMILES string of the molecule is CS(=O)(=O)N1CCC(C(=O)N2[C@H]3CC[C@H]2CC(N2C(=O)CCC2=O)C3)CC1. The molecular formula is C18H27N3O5S. The van der Waals surface area contributed by atoms with Crippen molar-refractivity contribution in [3.05, 3.63) is 0 Å². The van der Waals surface area contributed by atoms with Crippen LogP contribution in [0.5, 0.6) is 0 Å². The van der Waals surface area contributed by atoms with E-state index in [2.05, 4.69) is 0 Å². The van der Waals surface area contributed by atoms with E-state index >= 15 is 0 Å². The topological polar surface area (TPSA) is 95.1 Å². The minimum Gasteiger partial charge on any atom is -0.336 e. The van der Waals surface area contributed by atoms with Crippen molar-refractivity contribution in [3.8, 4) is 0 Å². The third-order valence-electron chi connectivity index (χ3n) is 6.69. The fourth-order valence-electron chi connectivity index (χ4n) is 5.37. The maximum Gasteiger partial charge on any atom is 0.229 e. The highest BCUT2D eigenvalue weighted by Gasteiger charge is 2.49. The van der Waals surface area contributed by atoms with Crippen molar-refractivity contribution >= 4 is 27.7 Å². The Morgan fingerprint density at radius 2 is 1.41 bits per heavy atom. The number of carbonyl (C=O) groups excluding carboxylic acids is 3. The summed E-state index contributed by atoms with van der Waals surface area (Å²) in [4.78, 5) is 40.7. The quantitative estimate of drug-likeness (QED) is 0.640. The Hall–Kier alpha value is -1.48. The van der Waals surface area contributed by atoms with E-state index in [0.29, 0.717) is 51.6 Å². The lowest BCUT2D eigenvalue weighted by Gasteiger charge is -2.43. The molecule has 0 aromatic rings. The number of fused-ring (bicyclic) bond motifs is 2. The zero-order valence-corrected chi connectivity index (χ0v) is 16.5. The molecule has 0 unspecified atom stereocenters. The van der Waals surface area contributed by atoms with Gasteiger partial charge in [-0.15, -0.1) is 0 Å². The van der Waals surface area contributed by atoms with E-state index in [0.717, 1.165) is 12.8 Å². The molecule has 0 aliphatic carbocycles. The van der Waals surface area contributed by atoms with E-state index in [1.165, 1.54) is 15.5 Å². The fraction of sp³-hybridized carbons (Fsp3) is 0.833.